The van der Waals surface area contributed by atoms with E-state index in [1.165, 1.54) is 64.2 Å². The summed E-state index contributed by atoms with van der Waals surface area (Å²) in [6.45, 7) is 4.59. The van der Waals surface area contributed by atoms with Crippen molar-refractivity contribution in [3.63, 3.8) is 0 Å². The Morgan fingerprint density at radius 1 is 0.733 bits per heavy atom. The van der Waals surface area contributed by atoms with Crippen molar-refractivity contribution < 1.29 is 0 Å². The molecule has 1 unspecified atom stereocenters. The maximum Gasteiger partial charge on any atom is -0.00978 e. The number of unbranched alkanes of at least 4 members (excludes halogenated alkanes) is 4. The van der Waals surface area contributed by atoms with Crippen LogP contribution in [0.2, 0.25) is 0 Å². The Hall–Kier alpha value is 0.350. The lowest BCUT2D eigenvalue weighted by molar-refractivity contribution is 0.386. The van der Waals surface area contributed by atoms with Gasteiger partial charge in [-0.2, -0.15) is 12.6 Å². The maximum atomic E-state index is 4.31. The van der Waals surface area contributed by atoms with Crippen LogP contribution in [-0.4, -0.2) is 5.75 Å². The Bertz CT molecular complexity index is 104. The summed E-state index contributed by atoms with van der Waals surface area (Å²) >= 11 is 4.31. The average molecular weight is 230 g/mol. The van der Waals surface area contributed by atoms with E-state index in [-0.39, 0.29) is 0 Å². The van der Waals surface area contributed by atoms with Gasteiger partial charge in [0.25, 0.3) is 0 Å². The molecule has 0 spiro atoms. The zero-order valence-corrected chi connectivity index (χ0v) is 11.7. The first kappa shape index (κ1) is 15.3. The second kappa shape index (κ2) is 12.4. The molecule has 1 heteroatoms. The summed E-state index contributed by atoms with van der Waals surface area (Å²) in [6.07, 6.45) is 14.1. The normalized spacial score (nSPS) is 13.0. The molecule has 0 saturated carbocycles. The summed E-state index contributed by atoms with van der Waals surface area (Å²) in [5.41, 5.74) is 0. The first-order valence-electron chi connectivity index (χ1n) is 6.96. The lowest BCUT2D eigenvalue weighted by Gasteiger charge is -2.15. The lowest BCUT2D eigenvalue weighted by atomic mass is 9.91. The summed E-state index contributed by atoms with van der Waals surface area (Å²) in [5, 5.41) is 0. The fraction of sp³-hybridized carbons (Fsp3) is 1.00. The Balaban J connectivity index is 3.49. The highest BCUT2D eigenvalue weighted by Gasteiger charge is 2.07. The average Bonchev–Trinajstić information content (AvgIpc) is 2.27. The Morgan fingerprint density at radius 2 is 1.33 bits per heavy atom. The number of thiol groups is 1. The second-order valence-electron chi connectivity index (χ2n) is 4.72. The minimum atomic E-state index is 0.994. The molecule has 92 valence electrons. The van der Waals surface area contributed by atoms with Crippen molar-refractivity contribution >= 4 is 12.6 Å². The molecular weight excluding hydrogens is 200 g/mol. The van der Waals surface area contributed by atoms with Crippen LogP contribution in [-0.2, 0) is 0 Å². The smallest absolute Gasteiger partial charge is 0.00978 e. The molecule has 0 fully saturated rings. The van der Waals surface area contributed by atoms with Crippen molar-refractivity contribution in [2.45, 2.75) is 78.1 Å². The van der Waals surface area contributed by atoms with Crippen LogP contribution in [0, 0.1) is 5.92 Å². The van der Waals surface area contributed by atoms with Crippen LogP contribution >= 0.6 is 12.6 Å². The van der Waals surface area contributed by atoms with Gasteiger partial charge in [-0.05, 0) is 24.5 Å². The number of rotatable bonds is 11. The first-order chi connectivity index (χ1) is 7.35. The third-order valence-electron chi connectivity index (χ3n) is 3.20. The van der Waals surface area contributed by atoms with Gasteiger partial charge in [0.1, 0.15) is 0 Å². The molecule has 0 rings (SSSR count). The van der Waals surface area contributed by atoms with E-state index in [0.29, 0.717) is 0 Å². The molecule has 0 aliphatic carbocycles. The summed E-state index contributed by atoms with van der Waals surface area (Å²) in [7, 11) is 0. The summed E-state index contributed by atoms with van der Waals surface area (Å²) in [6, 6.07) is 0. The lowest BCUT2D eigenvalue weighted by Crippen LogP contribution is -2.01. The fourth-order valence-electron chi connectivity index (χ4n) is 2.17. The molecule has 0 heterocycles. The van der Waals surface area contributed by atoms with Gasteiger partial charge in [0, 0.05) is 0 Å². The van der Waals surface area contributed by atoms with E-state index in [9.17, 15) is 0 Å². The highest BCUT2D eigenvalue weighted by molar-refractivity contribution is 7.80. The van der Waals surface area contributed by atoms with Crippen LogP contribution in [0.1, 0.15) is 78.1 Å². The molecule has 0 bridgehead atoms. The van der Waals surface area contributed by atoms with E-state index in [4.69, 9.17) is 0 Å². The molecule has 0 aliphatic heterocycles. The van der Waals surface area contributed by atoms with Crippen molar-refractivity contribution in [3.05, 3.63) is 0 Å². The third kappa shape index (κ3) is 10.6. The largest absolute Gasteiger partial charge is 0.179 e. The van der Waals surface area contributed by atoms with Gasteiger partial charge < -0.3 is 0 Å². The molecule has 0 aromatic rings. The molecule has 0 saturated heterocycles. The molecule has 0 radical (unpaired) electrons. The Morgan fingerprint density at radius 3 is 1.93 bits per heavy atom. The Labute approximate surface area is 103 Å². The third-order valence-corrected chi connectivity index (χ3v) is 3.52. The van der Waals surface area contributed by atoms with Gasteiger partial charge in [0.05, 0.1) is 0 Å². The quantitative estimate of drug-likeness (QED) is 0.353. The molecule has 0 amide bonds. The molecule has 0 aliphatic rings. The standard InChI is InChI=1S/C14H30S/c1-3-5-7-8-11-14(10-6-4-2)12-9-13-15/h14-15H,3-13H2,1-2H3. The fourth-order valence-corrected chi connectivity index (χ4v) is 2.35. The highest BCUT2D eigenvalue weighted by Crippen LogP contribution is 2.22. The van der Waals surface area contributed by atoms with Gasteiger partial charge in [-0.15, -0.1) is 0 Å². The monoisotopic (exact) mass is 230 g/mol. The first-order valence-corrected chi connectivity index (χ1v) is 7.59. The van der Waals surface area contributed by atoms with E-state index in [1.807, 2.05) is 0 Å². The predicted octanol–water partition coefficient (Wildman–Crippen LogP) is 5.47. The predicted molar refractivity (Wildman–Crippen MR) is 74.9 cm³/mol. The minimum absolute atomic E-state index is 0.994. The number of hydrogen-bond donors (Lipinski definition) is 1. The van der Waals surface area contributed by atoms with Crippen LogP contribution in [0.4, 0.5) is 0 Å². The molecular formula is C14H30S. The molecule has 15 heavy (non-hydrogen) atoms. The van der Waals surface area contributed by atoms with Crippen LogP contribution in [0.5, 0.6) is 0 Å². The summed E-state index contributed by atoms with van der Waals surface area (Å²) in [4.78, 5) is 0. The topological polar surface area (TPSA) is 0 Å². The van der Waals surface area contributed by atoms with Crippen LogP contribution in [0.25, 0.3) is 0 Å². The summed E-state index contributed by atoms with van der Waals surface area (Å²) in [5.74, 6) is 2.06. The van der Waals surface area contributed by atoms with Crippen LogP contribution in [0.3, 0.4) is 0 Å². The minimum Gasteiger partial charge on any atom is -0.179 e. The van der Waals surface area contributed by atoms with Gasteiger partial charge >= 0.3 is 0 Å². The maximum absolute atomic E-state index is 4.31. The van der Waals surface area contributed by atoms with Crippen LogP contribution < -0.4 is 0 Å². The Kier molecular flexibility index (Phi) is 12.7. The van der Waals surface area contributed by atoms with E-state index >= 15 is 0 Å². The molecule has 0 nitrogen and oxygen atoms in total. The van der Waals surface area contributed by atoms with Gasteiger partial charge in [-0.3, -0.25) is 0 Å². The van der Waals surface area contributed by atoms with Gasteiger partial charge in [0.15, 0.2) is 0 Å². The molecule has 1 atom stereocenters. The highest BCUT2D eigenvalue weighted by atomic mass is 32.1. The van der Waals surface area contributed by atoms with Crippen molar-refractivity contribution in [1.82, 2.24) is 0 Å². The van der Waals surface area contributed by atoms with E-state index in [0.717, 1.165) is 11.7 Å². The zero-order valence-electron chi connectivity index (χ0n) is 10.8. The van der Waals surface area contributed by atoms with E-state index < -0.39 is 0 Å². The van der Waals surface area contributed by atoms with Crippen molar-refractivity contribution in [3.8, 4) is 0 Å². The number of hydrogen-bond acceptors (Lipinski definition) is 1. The van der Waals surface area contributed by atoms with Crippen molar-refractivity contribution in [2.75, 3.05) is 5.75 Å². The van der Waals surface area contributed by atoms with E-state index in [1.54, 1.807) is 0 Å². The second-order valence-corrected chi connectivity index (χ2v) is 5.17. The molecule has 0 aromatic carbocycles. The SMILES string of the molecule is CCCCCCC(CCCC)CCCS. The summed E-state index contributed by atoms with van der Waals surface area (Å²) < 4.78 is 0. The van der Waals surface area contributed by atoms with Crippen molar-refractivity contribution in [2.24, 2.45) is 5.92 Å². The molecule has 0 N–H and O–H groups in total. The van der Waals surface area contributed by atoms with Crippen LogP contribution in [0.15, 0.2) is 0 Å². The van der Waals surface area contributed by atoms with Gasteiger partial charge in [0.2, 0.25) is 0 Å². The zero-order chi connectivity index (χ0) is 11.4. The van der Waals surface area contributed by atoms with Gasteiger partial charge in [-0.25, -0.2) is 0 Å². The van der Waals surface area contributed by atoms with Gasteiger partial charge in [-0.1, -0.05) is 65.2 Å². The molecule has 0 aromatic heterocycles. The van der Waals surface area contributed by atoms with E-state index in [2.05, 4.69) is 26.5 Å². The van der Waals surface area contributed by atoms with Crippen molar-refractivity contribution in [1.29, 1.82) is 0 Å².